The van der Waals surface area contributed by atoms with Crippen molar-refractivity contribution in [3.05, 3.63) is 65.2 Å². The van der Waals surface area contributed by atoms with E-state index in [4.69, 9.17) is 10.5 Å². The molecule has 3 nitrogen and oxygen atoms in total. The molecule has 0 spiro atoms. The van der Waals surface area contributed by atoms with Gasteiger partial charge in [0.2, 0.25) is 0 Å². The molecule has 20 heavy (non-hydrogen) atoms. The normalized spacial score (nSPS) is 13.8. The monoisotopic (exact) mass is 271 g/mol. The van der Waals surface area contributed by atoms with Crippen LogP contribution >= 0.6 is 0 Å². The minimum absolute atomic E-state index is 0.122. The molecule has 0 heterocycles. The van der Waals surface area contributed by atoms with Crippen LogP contribution in [-0.2, 0) is 0 Å². The summed E-state index contributed by atoms with van der Waals surface area (Å²) in [7, 11) is 1.62. The van der Waals surface area contributed by atoms with Crippen LogP contribution in [-0.4, -0.2) is 18.8 Å². The maximum absolute atomic E-state index is 10.6. The Labute approximate surface area is 120 Å². The van der Waals surface area contributed by atoms with Crippen LogP contribution in [0.15, 0.2) is 48.5 Å². The predicted octanol–water partition coefficient (Wildman–Crippen LogP) is 2.78. The van der Waals surface area contributed by atoms with Crippen LogP contribution < -0.4 is 10.5 Å². The van der Waals surface area contributed by atoms with E-state index in [1.165, 1.54) is 0 Å². The van der Waals surface area contributed by atoms with Crippen LogP contribution in [0.1, 0.15) is 28.7 Å². The van der Waals surface area contributed by atoms with Crippen molar-refractivity contribution in [2.45, 2.75) is 18.9 Å². The summed E-state index contributed by atoms with van der Waals surface area (Å²) in [4.78, 5) is 0. The van der Waals surface area contributed by atoms with Crippen LogP contribution in [0.5, 0.6) is 5.75 Å². The highest BCUT2D eigenvalue weighted by Crippen LogP contribution is 2.33. The Bertz CT molecular complexity index is 568. The van der Waals surface area contributed by atoms with Gasteiger partial charge in [0.05, 0.1) is 13.2 Å². The first-order valence-electron chi connectivity index (χ1n) is 6.75. The van der Waals surface area contributed by atoms with Crippen molar-refractivity contribution in [1.29, 1.82) is 0 Å². The summed E-state index contributed by atoms with van der Waals surface area (Å²) in [6, 6.07) is 15.5. The van der Waals surface area contributed by atoms with Crippen LogP contribution in [0.2, 0.25) is 0 Å². The summed E-state index contributed by atoms with van der Waals surface area (Å²) < 4.78 is 5.21. The van der Waals surface area contributed by atoms with Crippen molar-refractivity contribution >= 4 is 0 Å². The molecule has 0 radical (unpaired) electrons. The van der Waals surface area contributed by atoms with Gasteiger partial charge in [-0.3, -0.25) is 0 Å². The summed E-state index contributed by atoms with van der Waals surface area (Å²) in [6.07, 6.45) is -0.642. The van der Waals surface area contributed by atoms with E-state index in [2.05, 4.69) is 0 Å². The van der Waals surface area contributed by atoms with E-state index < -0.39 is 6.10 Å². The van der Waals surface area contributed by atoms with E-state index in [1.807, 2.05) is 55.5 Å². The van der Waals surface area contributed by atoms with Gasteiger partial charge >= 0.3 is 0 Å². The van der Waals surface area contributed by atoms with Gasteiger partial charge in [-0.15, -0.1) is 0 Å². The molecule has 106 valence electrons. The molecular formula is C17H21NO2. The van der Waals surface area contributed by atoms with E-state index in [0.717, 1.165) is 22.4 Å². The number of methoxy groups -OCH3 is 1. The Kier molecular flexibility index (Phi) is 4.77. The van der Waals surface area contributed by atoms with Crippen molar-refractivity contribution in [3.63, 3.8) is 0 Å². The van der Waals surface area contributed by atoms with Gasteiger partial charge in [-0.1, -0.05) is 36.4 Å². The minimum Gasteiger partial charge on any atom is -0.497 e. The molecule has 2 atom stereocenters. The van der Waals surface area contributed by atoms with Gasteiger partial charge in [0.1, 0.15) is 5.75 Å². The minimum atomic E-state index is -0.642. The van der Waals surface area contributed by atoms with E-state index >= 15 is 0 Å². The highest BCUT2D eigenvalue weighted by atomic mass is 16.5. The maximum Gasteiger partial charge on any atom is 0.119 e. The third kappa shape index (κ3) is 3.00. The molecule has 2 aromatic carbocycles. The zero-order valence-electron chi connectivity index (χ0n) is 11.9. The summed E-state index contributed by atoms with van der Waals surface area (Å²) in [5, 5.41) is 10.6. The number of nitrogens with two attached hydrogens (primary N) is 1. The third-order valence-corrected chi connectivity index (χ3v) is 3.66. The highest BCUT2D eigenvalue weighted by Gasteiger charge is 2.23. The van der Waals surface area contributed by atoms with Gasteiger partial charge in [-0.05, 0) is 35.7 Å². The lowest BCUT2D eigenvalue weighted by Crippen LogP contribution is -2.21. The quantitative estimate of drug-likeness (QED) is 0.879. The molecule has 0 bridgehead atoms. The molecule has 0 fully saturated rings. The van der Waals surface area contributed by atoms with Crippen LogP contribution in [0.25, 0.3) is 0 Å². The highest BCUT2D eigenvalue weighted by molar-refractivity contribution is 5.35. The molecule has 0 amide bonds. The fraction of sp³-hybridized carbons (Fsp3) is 0.294. The smallest absolute Gasteiger partial charge is 0.119 e. The summed E-state index contributed by atoms with van der Waals surface area (Å²) in [5.41, 5.74) is 8.95. The number of aliphatic hydroxyl groups is 1. The number of rotatable bonds is 5. The number of aliphatic hydroxyl groups excluding tert-OH is 1. The van der Waals surface area contributed by atoms with Crippen molar-refractivity contribution in [2.24, 2.45) is 5.73 Å². The molecular weight excluding hydrogens is 250 g/mol. The number of benzene rings is 2. The maximum atomic E-state index is 10.6. The number of aryl methyl sites for hydroxylation is 1. The molecule has 0 aliphatic carbocycles. The zero-order valence-corrected chi connectivity index (χ0v) is 11.9. The predicted molar refractivity (Wildman–Crippen MR) is 80.9 cm³/mol. The molecule has 2 aromatic rings. The zero-order chi connectivity index (χ0) is 14.5. The molecule has 3 heteroatoms. The lowest BCUT2D eigenvalue weighted by Gasteiger charge is -2.24. The molecule has 0 aromatic heterocycles. The Balaban J connectivity index is 2.33. The number of ether oxygens (including phenoxy) is 1. The Morgan fingerprint density at radius 2 is 1.90 bits per heavy atom. The third-order valence-electron chi connectivity index (χ3n) is 3.66. The second-order valence-electron chi connectivity index (χ2n) is 4.92. The van der Waals surface area contributed by atoms with Gasteiger partial charge in [0.25, 0.3) is 0 Å². The largest absolute Gasteiger partial charge is 0.497 e. The fourth-order valence-electron chi connectivity index (χ4n) is 2.49. The van der Waals surface area contributed by atoms with Crippen LogP contribution in [0.3, 0.4) is 0 Å². The Hall–Kier alpha value is -1.84. The average molecular weight is 271 g/mol. The van der Waals surface area contributed by atoms with Gasteiger partial charge in [-0.25, -0.2) is 0 Å². The average Bonchev–Trinajstić information content (AvgIpc) is 2.49. The molecule has 0 saturated heterocycles. The molecule has 0 aliphatic rings. The molecule has 0 saturated carbocycles. The Morgan fingerprint density at radius 3 is 2.55 bits per heavy atom. The van der Waals surface area contributed by atoms with Gasteiger partial charge in [0, 0.05) is 12.5 Å². The fourth-order valence-corrected chi connectivity index (χ4v) is 2.49. The first kappa shape index (κ1) is 14.6. The lowest BCUT2D eigenvalue weighted by atomic mass is 9.87. The first-order valence-corrected chi connectivity index (χ1v) is 6.75. The molecule has 0 aliphatic heterocycles. The number of hydrogen-bond donors (Lipinski definition) is 2. The first-order chi connectivity index (χ1) is 9.67. The van der Waals surface area contributed by atoms with Crippen molar-refractivity contribution in [2.75, 3.05) is 13.7 Å². The summed E-state index contributed by atoms with van der Waals surface area (Å²) in [6.45, 7) is 2.43. The van der Waals surface area contributed by atoms with E-state index in [1.54, 1.807) is 7.11 Å². The van der Waals surface area contributed by atoms with Gasteiger partial charge in [-0.2, -0.15) is 0 Å². The van der Waals surface area contributed by atoms with E-state index in [0.29, 0.717) is 6.54 Å². The molecule has 2 unspecified atom stereocenters. The SMILES string of the molecule is COc1cccc(C(O)C(CN)c2ccccc2C)c1. The Morgan fingerprint density at radius 1 is 1.15 bits per heavy atom. The van der Waals surface area contributed by atoms with E-state index in [9.17, 15) is 5.11 Å². The topological polar surface area (TPSA) is 55.5 Å². The number of hydrogen-bond acceptors (Lipinski definition) is 3. The summed E-state index contributed by atoms with van der Waals surface area (Å²) >= 11 is 0. The van der Waals surface area contributed by atoms with Crippen molar-refractivity contribution < 1.29 is 9.84 Å². The van der Waals surface area contributed by atoms with Gasteiger partial charge < -0.3 is 15.6 Å². The van der Waals surface area contributed by atoms with E-state index in [-0.39, 0.29) is 5.92 Å². The van der Waals surface area contributed by atoms with Gasteiger partial charge in [0.15, 0.2) is 0 Å². The molecule has 2 rings (SSSR count). The molecule has 3 N–H and O–H groups in total. The summed E-state index contributed by atoms with van der Waals surface area (Å²) in [5.74, 6) is 0.616. The standard InChI is InChI=1S/C17H21NO2/c1-12-6-3-4-9-15(12)16(11-18)17(19)13-7-5-8-14(10-13)20-2/h3-10,16-17,19H,11,18H2,1-2H3. The van der Waals surface area contributed by atoms with Crippen LogP contribution in [0, 0.1) is 6.92 Å². The second kappa shape index (κ2) is 6.55. The lowest BCUT2D eigenvalue weighted by molar-refractivity contribution is 0.147. The van der Waals surface area contributed by atoms with Crippen molar-refractivity contribution in [1.82, 2.24) is 0 Å². The van der Waals surface area contributed by atoms with Crippen LogP contribution in [0.4, 0.5) is 0 Å². The second-order valence-corrected chi connectivity index (χ2v) is 4.92. The van der Waals surface area contributed by atoms with Crippen molar-refractivity contribution in [3.8, 4) is 5.75 Å².